The second kappa shape index (κ2) is 5.54. The molecule has 1 nitrogen and oxygen atoms in total. The van der Waals surface area contributed by atoms with E-state index in [4.69, 9.17) is 0 Å². The fraction of sp³-hybridized carbons (Fsp3) is 0.600. The summed E-state index contributed by atoms with van der Waals surface area (Å²) in [5.74, 6) is 2.63. The molecule has 1 N–H and O–H groups in total. The average Bonchev–Trinajstić information content (AvgIpc) is 2.63. The van der Waals surface area contributed by atoms with Crippen LogP contribution in [0.2, 0.25) is 0 Å². The van der Waals surface area contributed by atoms with E-state index >= 15 is 0 Å². The number of hydrogen-bond donors (Lipinski definition) is 1. The highest BCUT2D eigenvalue weighted by Crippen LogP contribution is 2.24. The van der Waals surface area contributed by atoms with Gasteiger partial charge in [0, 0.05) is 18.3 Å². The first-order chi connectivity index (χ1) is 6.86. The van der Waals surface area contributed by atoms with Gasteiger partial charge in [0.25, 0.3) is 0 Å². The van der Waals surface area contributed by atoms with Crippen LogP contribution in [0.5, 0.6) is 0 Å². The predicted octanol–water partition coefficient (Wildman–Crippen LogP) is 3.50. The molecule has 1 saturated heterocycles. The highest BCUT2D eigenvalue weighted by atomic mass is 79.9. The summed E-state index contributed by atoms with van der Waals surface area (Å²) < 4.78 is 1.27. The van der Waals surface area contributed by atoms with Gasteiger partial charge in [-0.05, 0) is 51.5 Å². The van der Waals surface area contributed by atoms with Crippen molar-refractivity contribution in [3.8, 4) is 0 Å². The van der Waals surface area contributed by atoms with E-state index in [-0.39, 0.29) is 0 Å². The quantitative estimate of drug-likeness (QED) is 0.915. The van der Waals surface area contributed by atoms with Gasteiger partial charge in [0.05, 0.1) is 3.79 Å². The van der Waals surface area contributed by atoms with Gasteiger partial charge in [0.1, 0.15) is 0 Å². The smallest absolute Gasteiger partial charge is 0.0743 e. The Morgan fingerprint density at radius 3 is 3.14 bits per heavy atom. The summed E-state index contributed by atoms with van der Waals surface area (Å²) in [6.07, 6.45) is 2.71. The van der Waals surface area contributed by atoms with Crippen molar-refractivity contribution in [1.29, 1.82) is 0 Å². The molecule has 0 aliphatic carbocycles. The maximum Gasteiger partial charge on any atom is 0.0743 e. The number of rotatable bonds is 3. The van der Waals surface area contributed by atoms with E-state index in [2.05, 4.69) is 44.5 Å². The third kappa shape index (κ3) is 2.99. The number of halogens is 1. The Morgan fingerprint density at radius 2 is 2.50 bits per heavy atom. The lowest BCUT2D eigenvalue weighted by Crippen LogP contribution is -2.33. The van der Waals surface area contributed by atoms with Crippen LogP contribution >= 0.6 is 39.0 Å². The Balaban J connectivity index is 1.79. The normalized spacial score (nSPS) is 22.5. The Bertz CT molecular complexity index is 281. The van der Waals surface area contributed by atoms with E-state index in [1.807, 2.05) is 0 Å². The molecule has 1 aromatic rings. The van der Waals surface area contributed by atoms with Gasteiger partial charge in [-0.3, -0.25) is 0 Å². The molecule has 1 unspecified atom stereocenters. The van der Waals surface area contributed by atoms with E-state index in [1.165, 1.54) is 33.7 Å². The molecule has 0 aromatic carbocycles. The van der Waals surface area contributed by atoms with Crippen molar-refractivity contribution in [2.75, 3.05) is 11.5 Å². The molecule has 1 fully saturated rings. The molecule has 4 heteroatoms. The molecule has 14 heavy (non-hydrogen) atoms. The van der Waals surface area contributed by atoms with Gasteiger partial charge >= 0.3 is 0 Å². The second-order valence-corrected chi connectivity index (χ2v) is 6.90. The largest absolute Gasteiger partial charge is 0.309 e. The van der Waals surface area contributed by atoms with Crippen LogP contribution in [-0.2, 0) is 6.54 Å². The maximum atomic E-state index is 3.62. The van der Waals surface area contributed by atoms with Crippen molar-refractivity contribution in [3.05, 3.63) is 20.8 Å². The summed E-state index contributed by atoms with van der Waals surface area (Å²) >= 11 is 7.40. The first kappa shape index (κ1) is 11.0. The maximum absolute atomic E-state index is 3.62. The first-order valence-corrected chi connectivity index (χ1v) is 7.72. The molecule has 2 rings (SSSR count). The average molecular weight is 292 g/mol. The van der Waals surface area contributed by atoms with Crippen LogP contribution in [0.15, 0.2) is 15.2 Å². The van der Waals surface area contributed by atoms with Crippen LogP contribution < -0.4 is 5.32 Å². The summed E-state index contributed by atoms with van der Waals surface area (Å²) in [6.45, 7) is 1.01. The Kier molecular flexibility index (Phi) is 4.35. The summed E-state index contributed by atoms with van der Waals surface area (Å²) in [5, 5.41) is 5.76. The van der Waals surface area contributed by atoms with Crippen molar-refractivity contribution in [2.24, 2.45) is 0 Å². The van der Waals surface area contributed by atoms with Crippen molar-refractivity contribution in [1.82, 2.24) is 5.32 Å². The first-order valence-electron chi connectivity index (χ1n) is 4.89. The summed E-state index contributed by atoms with van der Waals surface area (Å²) in [7, 11) is 0. The number of thiophene rings is 1. The molecule has 1 aliphatic heterocycles. The predicted molar refractivity (Wildman–Crippen MR) is 69.2 cm³/mol. The minimum atomic E-state index is 0.723. The van der Waals surface area contributed by atoms with E-state index in [0.717, 1.165) is 12.6 Å². The third-order valence-electron chi connectivity index (χ3n) is 2.43. The Labute approximate surface area is 102 Å². The number of nitrogens with one attached hydrogen (secondary N) is 1. The monoisotopic (exact) mass is 291 g/mol. The van der Waals surface area contributed by atoms with Gasteiger partial charge in [-0.2, -0.15) is 11.8 Å². The van der Waals surface area contributed by atoms with Crippen molar-refractivity contribution in [3.63, 3.8) is 0 Å². The van der Waals surface area contributed by atoms with Crippen LogP contribution in [0.3, 0.4) is 0 Å². The van der Waals surface area contributed by atoms with Gasteiger partial charge in [-0.1, -0.05) is 0 Å². The highest BCUT2D eigenvalue weighted by molar-refractivity contribution is 9.11. The van der Waals surface area contributed by atoms with Gasteiger partial charge in [0.15, 0.2) is 0 Å². The minimum Gasteiger partial charge on any atom is -0.309 e. The number of hydrogen-bond acceptors (Lipinski definition) is 3. The van der Waals surface area contributed by atoms with Crippen molar-refractivity contribution in [2.45, 2.75) is 25.4 Å². The van der Waals surface area contributed by atoms with Crippen molar-refractivity contribution < 1.29 is 0 Å². The summed E-state index contributed by atoms with van der Waals surface area (Å²) in [5.41, 5.74) is 1.39. The SMILES string of the molecule is Brc1sccc1CNC1CCCSC1. The molecule has 0 spiro atoms. The molecular weight excluding hydrogens is 278 g/mol. The van der Waals surface area contributed by atoms with Gasteiger partial charge in [0.2, 0.25) is 0 Å². The van der Waals surface area contributed by atoms with Gasteiger partial charge in [-0.25, -0.2) is 0 Å². The Hall–Kier alpha value is 0.490. The van der Waals surface area contributed by atoms with E-state index in [1.54, 1.807) is 11.3 Å². The third-order valence-corrected chi connectivity index (χ3v) is 5.46. The van der Waals surface area contributed by atoms with Crippen LogP contribution in [0, 0.1) is 0 Å². The zero-order chi connectivity index (χ0) is 9.80. The molecule has 78 valence electrons. The minimum absolute atomic E-state index is 0.723. The van der Waals surface area contributed by atoms with Crippen LogP contribution in [0.4, 0.5) is 0 Å². The van der Waals surface area contributed by atoms with Crippen LogP contribution in [-0.4, -0.2) is 17.5 Å². The zero-order valence-electron chi connectivity index (χ0n) is 7.96. The molecule has 1 aliphatic rings. The van der Waals surface area contributed by atoms with Crippen LogP contribution in [0.25, 0.3) is 0 Å². The summed E-state index contributed by atoms with van der Waals surface area (Å²) in [4.78, 5) is 0. The standard InChI is InChI=1S/C10H14BrNS2/c11-10-8(3-5-14-10)6-12-9-2-1-4-13-7-9/h3,5,9,12H,1-2,4,6-7H2. The highest BCUT2D eigenvalue weighted by Gasteiger charge is 2.13. The second-order valence-electron chi connectivity index (χ2n) is 3.51. The molecule has 0 bridgehead atoms. The lowest BCUT2D eigenvalue weighted by Gasteiger charge is -2.22. The van der Waals surface area contributed by atoms with E-state index < -0.39 is 0 Å². The molecular formula is C10H14BrNS2. The molecule has 0 amide bonds. The molecule has 1 atom stereocenters. The molecule has 1 aromatic heterocycles. The van der Waals surface area contributed by atoms with E-state index in [0.29, 0.717) is 0 Å². The number of thioether (sulfide) groups is 1. The van der Waals surface area contributed by atoms with Crippen molar-refractivity contribution >= 4 is 39.0 Å². The van der Waals surface area contributed by atoms with Crippen LogP contribution in [0.1, 0.15) is 18.4 Å². The topological polar surface area (TPSA) is 12.0 Å². The van der Waals surface area contributed by atoms with E-state index in [9.17, 15) is 0 Å². The lowest BCUT2D eigenvalue weighted by atomic mass is 10.2. The molecule has 0 saturated carbocycles. The lowest BCUT2D eigenvalue weighted by molar-refractivity contribution is 0.507. The molecule has 0 radical (unpaired) electrons. The fourth-order valence-corrected chi connectivity index (χ4v) is 3.95. The van der Waals surface area contributed by atoms with Gasteiger partial charge in [-0.15, -0.1) is 11.3 Å². The fourth-order valence-electron chi connectivity index (χ4n) is 1.60. The Morgan fingerprint density at radius 1 is 1.57 bits per heavy atom. The molecule has 2 heterocycles. The zero-order valence-corrected chi connectivity index (χ0v) is 11.2. The van der Waals surface area contributed by atoms with Gasteiger partial charge < -0.3 is 5.32 Å². The summed E-state index contributed by atoms with van der Waals surface area (Å²) in [6, 6.07) is 2.91.